The fourth-order valence-electron chi connectivity index (χ4n) is 1.79. The maximum atomic E-state index is 3.98. The zero-order valence-corrected chi connectivity index (χ0v) is 14.1. The maximum absolute atomic E-state index is 3.98. The van der Waals surface area contributed by atoms with Gasteiger partial charge in [0, 0.05) is 14.1 Å². The van der Waals surface area contributed by atoms with Crippen LogP contribution in [-0.4, -0.2) is 6.54 Å². The van der Waals surface area contributed by atoms with Crippen LogP contribution in [0.4, 0.5) is 0 Å². The number of benzene rings is 1. The fraction of sp³-hybridized carbons (Fsp3) is 0.429. The second-order valence-electron chi connectivity index (χ2n) is 4.27. The number of allylic oxidation sites excluding steroid dienone is 1. The van der Waals surface area contributed by atoms with Crippen LogP contribution >= 0.6 is 38.5 Å². The Hall–Kier alpha value is 0.130. The van der Waals surface area contributed by atoms with Crippen molar-refractivity contribution in [2.75, 3.05) is 6.54 Å². The molecular weight excluding hydrogens is 389 g/mol. The van der Waals surface area contributed by atoms with E-state index in [0.717, 1.165) is 23.9 Å². The predicted octanol–water partition coefficient (Wildman–Crippen LogP) is 5.06. The molecule has 0 saturated heterocycles. The van der Waals surface area contributed by atoms with Gasteiger partial charge in [0.1, 0.15) is 0 Å². The summed E-state index contributed by atoms with van der Waals surface area (Å²) in [6.07, 6.45) is 2.18. The van der Waals surface area contributed by atoms with E-state index < -0.39 is 0 Å². The lowest BCUT2D eigenvalue weighted by Gasteiger charge is -2.20. The van der Waals surface area contributed by atoms with Gasteiger partial charge in [-0.15, -0.1) is 6.58 Å². The van der Waals surface area contributed by atoms with Crippen LogP contribution in [0.25, 0.3) is 0 Å². The first kappa shape index (κ1) is 15.2. The minimum absolute atomic E-state index is 0.418. The smallest absolute Gasteiger partial charge is 0.0334 e. The molecule has 0 aliphatic carbocycles. The molecule has 0 spiro atoms. The molecule has 1 N–H and O–H groups in total. The summed E-state index contributed by atoms with van der Waals surface area (Å²) in [5, 5.41) is 3.56. The number of nitrogens with one attached hydrogen (secondary N) is 1. The van der Waals surface area contributed by atoms with E-state index >= 15 is 0 Å². The van der Waals surface area contributed by atoms with Gasteiger partial charge in [-0.2, -0.15) is 0 Å². The summed E-state index contributed by atoms with van der Waals surface area (Å²) in [6, 6.07) is 6.88. The van der Waals surface area contributed by atoms with Crippen molar-refractivity contribution in [1.29, 1.82) is 0 Å². The SMILES string of the molecule is C=C(C)CCC(NCC)c1cc(Br)ccc1I. The van der Waals surface area contributed by atoms with Gasteiger partial charge in [0.25, 0.3) is 0 Å². The van der Waals surface area contributed by atoms with Crippen molar-refractivity contribution in [2.45, 2.75) is 32.7 Å². The quantitative estimate of drug-likeness (QED) is 0.513. The molecule has 0 aliphatic heterocycles. The van der Waals surface area contributed by atoms with Gasteiger partial charge in [-0.1, -0.05) is 28.4 Å². The molecule has 94 valence electrons. The summed E-state index contributed by atoms with van der Waals surface area (Å²) in [7, 11) is 0. The molecule has 0 radical (unpaired) electrons. The number of rotatable bonds is 6. The van der Waals surface area contributed by atoms with E-state index in [1.54, 1.807) is 0 Å². The van der Waals surface area contributed by atoms with Crippen molar-refractivity contribution >= 4 is 38.5 Å². The molecule has 0 saturated carbocycles. The van der Waals surface area contributed by atoms with Gasteiger partial charge in [-0.3, -0.25) is 0 Å². The van der Waals surface area contributed by atoms with Crippen molar-refractivity contribution in [1.82, 2.24) is 5.32 Å². The summed E-state index contributed by atoms with van der Waals surface area (Å²) >= 11 is 5.95. The van der Waals surface area contributed by atoms with Gasteiger partial charge in [0.15, 0.2) is 0 Å². The van der Waals surface area contributed by atoms with E-state index in [-0.39, 0.29) is 0 Å². The van der Waals surface area contributed by atoms with Crippen molar-refractivity contribution in [3.05, 3.63) is 44.0 Å². The molecule has 0 bridgehead atoms. The van der Waals surface area contributed by atoms with Crippen LogP contribution in [0, 0.1) is 3.57 Å². The standard InChI is InChI=1S/C14H19BrIN/c1-4-17-14(8-5-10(2)3)12-9-11(15)6-7-13(12)16/h6-7,9,14,17H,2,4-5,8H2,1,3H3. The van der Waals surface area contributed by atoms with Crippen molar-refractivity contribution in [2.24, 2.45) is 0 Å². The van der Waals surface area contributed by atoms with Crippen LogP contribution in [0.15, 0.2) is 34.8 Å². The van der Waals surface area contributed by atoms with E-state index in [9.17, 15) is 0 Å². The van der Waals surface area contributed by atoms with Crippen LogP contribution in [-0.2, 0) is 0 Å². The molecule has 1 aromatic carbocycles. The Morgan fingerprint density at radius 3 is 2.82 bits per heavy atom. The Morgan fingerprint density at radius 2 is 2.24 bits per heavy atom. The lowest BCUT2D eigenvalue weighted by atomic mass is 10.00. The topological polar surface area (TPSA) is 12.0 Å². The third-order valence-electron chi connectivity index (χ3n) is 2.64. The highest BCUT2D eigenvalue weighted by Gasteiger charge is 2.13. The minimum atomic E-state index is 0.418. The van der Waals surface area contributed by atoms with Crippen LogP contribution in [0.1, 0.15) is 38.3 Å². The summed E-state index contributed by atoms with van der Waals surface area (Å²) in [5.41, 5.74) is 2.63. The van der Waals surface area contributed by atoms with Crippen LogP contribution in [0.3, 0.4) is 0 Å². The molecule has 1 aromatic rings. The molecule has 0 fully saturated rings. The van der Waals surface area contributed by atoms with Gasteiger partial charge >= 0.3 is 0 Å². The summed E-state index contributed by atoms with van der Waals surface area (Å²) in [4.78, 5) is 0. The molecule has 0 aromatic heterocycles. The van der Waals surface area contributed by atoms with Gasteiger partial charge in [0.2, 0.25) is 0 Å². The molecule has 1 unspecified atom stereocenters. The first-order valence-corrected chi connectivity index (χ1v) is 7.74. The summed E-state index contributed by atoms with van der Waals surface area (Å²) in [5.74, 6) is 0. The molecule has 1 atom stereocenters. The Kier molecular flexibility index (Phi) is 6.74. The zero-order valence-electron chi connectivity index (χ0n) is 10.4. The fourth-order valence-corrected chi connectivity index (χ4v) is 2.88. The van der Waals surface area contributed by atoms with Gasteiger partial charge < -0.3 is 5.32 Å². The lowest BCUT2D eigenvalue weighted by Crippen LogP contribution is -2.21. The van der Waals surface area contributed by atoms with E-state index in [4.69, 9.17) is 0 Å². The summed E-state index contributed by atoms with van der Waals surface area (Å²) < 4.78 is 2.46. The van der Waals surface area contributed by atoms with Crippen LogP contribution < -0.4 is 5.32 Å². The molecule has 0 aliphatic rings. The molecular formula is C14H19BrIN. The van der Waals surface area contributed by atoms with E-state index in [0.29, 0.717) is 6.04 Å². The normalized spacial score (nSPS) is 12.5. The average Bonchev–Trinajstić information content (AvgIpc) is 2.27. The Balaban J connectivity index is 2.87. The van der Waals surface area contributed by atoms with E-state index in [2.05, 4.69) is 82.5 Å². The molecule has 1 rings (SSSR count). The monoisotopic (exact) mass is 407 g/mol. The van der Waals surface area contributed by atoms with Gasteiger partial charge in [-0.25, -0.2) is 0 Å². The lowest BCUT2D eigenvalue weighted by molar-refractivity contribution is 0.512. The second-order valence-corrected chi connectivity index (χ2v) is 6.35. The molecule has 0 heterocycles. The predicted molar refractivity (Wildman–Crippen MR) is 87.3 cm³/mol. The third kappa shape index (κ3) is 5.10. The van der Waals surface area contributed by atoms with E-state index in [1.165, 1.54) is 14.7 Å². The Morgan fingerprint density at radius 1 is 1.53 bits per heavy atom. The van der Waals surface area contributed by atoms with Gasteiger partial charge in [0.05, 0.1) is 0 Å². The molecule has 0 amide bonds. The van der Waals surface area contributed by atoms with Gasteiger partial charge in [-0.05, 0) is 72.7 Å². The van der Waals surface area contributed by atoms with E-state index in [1.807, 2.05) is 0 Å². The first-order valence-electron chi connectivity index (χ1n) is 5.87. The highest BCUT2D eigenvalue weighted by molar-refractivity contribution is 14.1. The molecule has 3 heteroatoms. The number of hydrogen-bond acceptors (Lipinski definition) is 1. The third-order valence-corrected chi connectivity index (χ3v) is 4.12. The minimum Gasteiger partial charge on any atom is -0.310 e. The van der Waals surface area contributed by atoms with Crippen LogP contribution in [0.2, 0.25) is 0 Å². The summed E-state index contributed by atoms with van der Waals surface area (Å²) in [6.45, 7) is 9.22. The second kappa shape index (κ2) is 7.54. The van der Waals surface area contributed by atoms with Crippen molar-refractivity contribution < 1.29 is 0 Å². The first-order chi connectivity index (χ1) is 8.04. The van der Waals surface area contributed by atoms with Crippen molar-refractivity contribution in [3.63, 3.8) is 0 Å². The average molecular weight is 408 g/mol. The van der Waals surface area contributed by atoms with Crippen molar-refractivity contribution in [3.8, 4) is 0 Å². The maximum Gasteiger partial charge on any atom is 0.0334 e. The Bertz CT molecular complexity index is 390. The van der Waals surface area contributed by atoms with Crippen LogP contribution in [0.5, 0.6) is 0 Å². The largest absolute Gasteiger partial charge is 0.310 e. The molecule has 17 heavy (non-hydrogen) atoms. The molecule has 1 nitrogen and oxygen atoms in total. The number of halogens is 2. The highest BCUT2D eigenvalue weighted by atomic mass is 127. The highest BCUT2D eigenvalue weighted by Crippen LogP contribution is 2.27. The number of hydrogen-bond donors (Lipinski definition) is 1. The Labute approximate surface area is 126 Å². The zero-order chi connectivity index (χ0) is 12.8.